The summed E-state index contributed by atoms with van der Waals surface area (Å²) in [6.45, 7) is 4.48. The Labute approximate surface area is 366 Å². The third kappa shape index (κ3) is 6.83. The molecule has 2 heterocycles. The van der Waals surface area contributed by atoms with Crippen LogP contribution >= 0.6 is 0 Å². The van der Waals surface area contributed by atoms with Crippen molar-refractivity contribution in [1.29, 1.82) is 5.26 Å². The van der Waals surface area contributed by atoms with Crippen LogP contribution in [0.1, 0.15) is 30.5 Å². The lowest BCUT2D eigenvalue weighted by Gasteiger charge is -2.22. The molecule has 0 spiro atoms. The zero-order chi connectivity index (χ0) is 42.5. The van der Waals surface area contributed by atoms with E-state index in [1.807, 2.05) is 84.9 Å². The van der Waals surface area contributed by atoms with Crippen LogP contribution in [0, 0.1) is 11.3 Å². The summed E-state index contributed by atoms with van der Waals surface area (Å²) in [6.07, 6.45) is 0. The standard InChI is InChI=1S/C57H38N6/c1-57(2)49-30-36(35-58)22-28-46(49)47-29-27-42(34-50(47)57)43-31-44(55-59-51-21-13-12-20-48(51)52(60-55)39-16-8-4-9-17-39)33-45(32-43)56-62-53(40-18-10-5-11-19-40)61-54(63-56)41-25-23-38(24-26-41)37-14-6-3-7-15-37/h3-34H,1-2H3. The van der Waals surface area contributed by atoms with Gasteiger partial charge in [-0.3, -0.25) is 0 Å². The van der Waals surface area contributed by atoms with E-state index in [4.69, 9.17) is 24.9 Å². The molecule has 0 bridgehead atoms. The Hall–Kier alpha value is -8.40. The first-order chi connectivity index (χ1) is 30.9. The van der Waals surface area contributed by atoms with Crippen molar-refractivity contribution in [3.8, 4) is 96.3 Å². The van der Waals surface area contributed by atoms with Crippen molar-refractivity contribution in [3.05, 3.63) is 211 Å². The molecule has 0 fully saturated rings. The summed E-state index contributed by atoms with van der Waals surface area (Å²) in [5.74, 6) is 2.29. The highest BCUT2D eigenvalue weighted by Crippen LogP contribution is 2.50. The number of benzene rings is 8. The van der Waals surface area contributed by atoms with E-state index in [9.17, 15) is 5.26 Å². The molecule has 296 valence electrons. The Morgan fingerprint density at radius 2 is 0.825 bits per heavy atom. The Morgan fingerprint density at radius 3 is 1.48 bits per heavy atom. The van der Waals surface area contributed by atoms with Gasteiger partial charge in [0.05, 0.1) is 22.8 Å². The average molecular weight is 807 g/mol. The normalized spacial score (nSPS) is 12.4. The quantitative estimate of drug-likeness (QED) is 0.159. The summed E-state index contributed by atoms with van der Waals surface area (Å²) in [6, 6.07) is 68.8. The summed E-state index contributed by atoms with van der Waals surface area (Å²) >= 11 is 0. The molecule has 0 unspecified atom stereocenters. The number of fused-ring (bicyclic) bond motifs is 4. The molecule has 6 heteroatoms. The molecule has 0 N–H and O–H groups in total. The van der Waals surface area contributed by atoms with Gasteiger partial charge in [0.1, 0.15) is 0 Å². The van der Waals surface area contributed by atoms with Gasteiger partial charge in [0.25, 0.3) is 0 Å². The molecule has 1 aliphatic rings. The molecule has 2 aromatic heterocycles. The fraction of sp³-hybridized carbons (Fsp3) is 0.0526. The van der Waals surface area contributed by atoms with Crippen LogP contribution in [-0.2, 0) is 5.41 Å². The molecule has 11 rings (SSSR count). The first-order valence-electron chi connectivity index (χ1n) is 21.0. The Morgan fingerprint density at radius 1 is 0.365 bits per heavy atom. The first kappa shape index (κ1) is 37.6. The minimum absolute atomic E-state index is 0.316. The fourth-order valence-electron chi connectivity index (χ4n) is 8.85. The molecule has 6 nitrogen and oxygen atoms in total. The topological polar surface area (TPSA) is 88.2 Å². The maximum absolute atomic E-state index is 9.77. The number of hydrogen-bond acceptors (Lipinski definition) is 6. The van der Waals surface area contributed by atoms with E-state index in [-0.39, 0.29) is 5.41 Å². The smallest absolute Gasteiger partial charge is 0.164 e. The number of aromatic nitrogens is 5. The lowest BCUT2D eigenvalue weighted by molar-refractivity contribution is 0.660. The summed E-state index contributed by atoms with van der Waals surface area (Å²) < 4.78 is 0. The van der Waals surface area contributed by atoms with Crippen molar-refractivity contribution < 1.29 is 0 Å². The van der Waals surface area contributed by atoms with Gasteiger partial charge in [-0.05, 0) is 87.0 Å². The zero-order valence-electron chi connectivity index (χ0n) is 34.7. The van der Waals surface area contributed by atoms with E-state index in [0.29, 0.717) is 28.9 Å². The minimum atomic E-state index is -0.316. The van der Waals surface area contributed by atoms with Crippen molar-refractivity contribution >= 4 is 10.9 Å². The Kier molecular flexibility index (Phi) is 9.10. The van der Waals surface area contributed by atoms with Crippen molar-refractivity contribution in [2.45, 2.75) is 19.3 Å². The fourth-order valence-corrected chi connectivity index (χ4v) is 8.85. The second kappa shape index (κ2) is 15.3. The second-order valence-corrected chi connectivity index (χ2v) is 16.5. The highest BCUT2D eigenvalue weighted by Gasteiger charge is 2.36. The highest BCUT2D eigenvalue weighted by atomic mass is 15.0. The largest absolute Gasteiger partial charge is 0.228 e. The average Bonchev–Trinajstić information content (AvgIpc) is 3.58. The maximum atomic E-state index is 9.77. The SMILES string of the molecule is CC1(C)c2cc(C#N)ccc2-c2ccc(-c3cc(-c4nc(-c5ccccc5)nc(-c5ccc(-c6ccccc6)cc5)n4)cc(-c4nc(-c5ccccc5)c5ccccc5n4)c3)cc21. The molecular weight excluding hydrogens is 769 g/mol. The number of hydrogen-bond donors (Lipinski definition) is 0. The molecular formula is C57H38N6. The Bertz CT molecular complexity index is 3410. The van der Waals surface area contributed by atoms with Gasteiger partial charge in [0.2, 0.25) is 0 Å². The van der Waals surface area contributed by atoms with Gasteiger partial charge >= 0.3 is 0 Å². The Balaban J connectivity index is 1.12. The van der Waals surface area contributed by atoms with Gasteiger partial charge in [0, 0.05) is 38.6 Å². The van der Waals surface area contributed by atoms with Gasteiger partial charge in [-0.2, -0.15) is 5.26 Å². The van der Waals surface area contributed by atoms with Crippen LogP contribution in [0.2, 0.25) is 0 Å². The van der Waals surface area contributed by atoms with E-state index in [0.717, 1.165) is 77.8 Å². The molecule has 0 amide bonds. The van der Waals surface area contributed by atoms with Crippen molar-refractivity contribution in [2.75, 3.05) is 0 Å². The number of nitriles is 1. The second-order valence-electron chi connectivity index (χ2n) is 16.5. The molecule has 63 heavy (non-hydrogen) atoms. The van der Waals surface area contributed by atoms with Gasteiger partial charge in [-0.25, -0.2) is 24.9 Å². The van der Waals surface area contributed by atoms with Gasteiger partial charge in [0.15, 0.2) is 23.3 Å². The van der Waals surface area contributed by atoms with Crippen LogP contribution in [0.3, 0.4) is 0 Å². The van der Waals surface area contributed by atoms with Crippen LogP contribution in [0.15, 0.2) is 194 Å². The molecule has 0 saturated heterocycles. The molecule has 1 aliphatic carbocycles. The zero-order valence-corrected chi connectivity index (χ0v) is 34.7. The minimum Gasteiger partial charge on any atom is -0.228 e. The van der Waals surface area contributed by atoms with Crippen LogP contribution in [0.5, 0.6) is 0 Å². The van der Waals surface area contributed by atoms with Crippen molar-refractivity contribution in [3.63, 3.8) is 0 Å². The predicted molar refractivity (Wildman–Crippen MR) is 253 cm³/mol. The summed E-state index contributed by atoms with van der Waals surface area (Å²) in [4.78, 5) is 26.0. The number of rotatable bonds is 7. The molecule has 0 aliphatic heterocycles. The lowest BCUT2D eigenvalue weighted by Crippen LogP contribution is -2.15. The molecule has 0 radical (unpaired) electrons. The monoisotopic (exact) mass is 806 g/mol. The van der Waals surface area contributed by atoms with Crippen molar-refractivity contribution in [1.82, 2.24) is 24.9 Å². The summed E-state index contributed by atoms with van der Waals surface area (Å²) in [5.41, 5.74) is 15.5. The van der Waals surface area contributed by atoms with Gasteiger partial charge in [-0.15, -0.1) is 0 Å². The number of para-hydroxylation sites is 1. The van der Waals surface area contributed by atoms with Crippen LogP contribution < -0.4 is 0 Å². The summed E-state index contributed by atoms with van der Waals surface area (Å²) in [5, 5.41) is 10.8. The maximum Gasteiger partial charge on any atom is 0.164 e. The molecule has 8 aromatic carbocycles. The predicted octanol–water partition coefficient (Wildman–Crippen LogP) is 13.7. The van der Waals surface area contributed by atoms with Gasteiger partial charge < -0.3 is 0 Å². The molecule has 10 aromatic rings. The third-order valence-corrected chi connectivity index (χ3v) is 12.2. The summed E-state index contributed by atoms with van der Waals surface area (Å²) in [7, 11) is 0. The highest BCUT2D eigenvalue weighted by molar-refractivity contribution is 5.94. The van der Waals surface area contributed by atoms with Gasteiger partial charge in [-0.1, -0.05) is 166 Å². The first-order valence-corrected chi connectivity index (χ1v) is 21.0. The molecule has 0 atom stereocenters. The van der Waals surface area contributed by atoms with Crippen LogP contribution in [0.25, 0.3) is 101 Å². The van der Waals surface area contributed by atoms with E-state index in [1.54, 1.807) is 0 Å². The third-order valence-electron chi connectivity index (χ3n) is 12.2. The van der Waals surface area contributed by atoms with Crippen LogP contribution in [-0.4, -0.2) is 24.9 Å². The van der Waals surface area contributed by atoms with E-state index >= 15 is 0 Å². The van der Waals surface area contributed by atoms with E-state index < -0.39 is 0 Å². The number of nitrogens with zero attached hydrogens (tertiary/aromatic N) is 6. The van der Waals surface area contributed by atoms with Crippen LogP contribution in [0.4, 0.5) is 0 Å². The van der Waals surface area contributed by atoms with E-state index in [1.165, 1.54) is 11.1 Å². The van der Waals surface area contributed by atoms with Crippen molar-refractivity contribution in [2.24, 2.45) is 0 Å². The molecule has 0 saturated carbocycles. The lowest BCUT2D eigenvalue weighted by atomic mass is 9.81. The van der Waals surface area contributed by atoms with E-state index in [2.05, 4.69) is 129 Å².